The molecule has 0 fully saturated rings. The van der Waals surface area contributed by atoms with Crippen LogP contribution in [0.25, 0.3) is 11.4 Å². The van der Waals surface area contributed by atoms with Gasteiger partial charge in [0, 0.05) is 35.4 Å². The van der Waals surface area contributed by atoms with E-state index in [9.17, 15) is 0 Å². The van der Waals surface area contributed by atoms with Crippen LogP contribution < -0.4 is 5.32 Å². The Hall–Kier alpha value is -1.81. The third kappa shape index (κ3) is 4.33. The highest BCUT2D eigenvalue weighted by molar-refractivity contribution is 5.54. The smallest absolute Gasteiger partial charge is 0.161 e. The van der Waals surface area contributed by atoms with E-state index in [0.29, 0.717) is 6.04 Å². The van der Waals surface area contributed by atoms with Gasteiger partial charge < -0.3 is 5.32 Å². The fraction of sp³-hybridized carbons (Fsp3) is 0.471. The molecule has 1 N–H and O–H groups in total. The molecule has 0 aromatic carbocycles. The molecule has 4 nitrogen and oxygen atoms in total. The van der Waals surface area contributed by atoms with Crippen molar-refractivity contribution in [3.05, 3.63) is 41.5 Å². The third-order valence-electron chi connectivity index (χ3n) is 3.50. The highest BCUT2D eigenvalue weighted by atomic mass is 14.9. The lowest BCUT2D eigenvalue weighted by atomic mass is 10.1. The van der Waals surface area contributed by atoms with Crippen LogP contribution in [0.15, 0.2) is 24.5 Å². The topological polar surface area (TPSA) is 50.7 Å². The molecule has 0 aliphatic heterocycles. The van der Waals surface area contributed by atoms with E-state index in [4.69, 9.17) is 0 Å². The Bertz CT molecular complexity index is 556. The van der Waals surface area contributed by atoms with Crippen LogP contribution in [0, 0.1) is 13.8 Å². The fourth-order valence-electron chi connectivity index (χ4n) is 2.38. The predicted molar refractivity (Wildman–Crippen MR) is 86.2 cm³/mol. The molecular formula is C17H24N4. The molecule has 0 atom stereocenters. The second kappa shape index (κ2) is 7.27. The molecule has 0 aliphatic carbocycles. The summed E-state index contributed by atoms with van der Waals surface area (Å²) in [6.45, 7) is 9.50. The van der Waals surface area contributed by atoms with E-state index in [1.54, 1.807) is 12.4 Å². The Labute approximate surface area is 127 Å². The molecule has 0 bridgehead atoms. The van der Waals surface area contributed by atoms with Crippen molar-refractivity contribution in [2.24, 2.45) is 0 Å². The number of nitrogens with one attached hydrogen (secondary N) is 1. The molecule has 2 rings (SSSR count). The van der Waals surface area contributed by atoms with Gasteiger partial charge in [-0.2, -0.15) is 0 Å². The molecule has 0 aliphatic rings. The van der Waals surface area contributed by atoms with E-state index in [2.05, 4.69) is 48.0 Å². The maximum atomic E-state index is 4.65. The molecule has 4 heteroatoms. The lowest BCUT2D eigenvalue weighted by molar-refractivity contribution is 0.569. The summed E-state index contributed by atoms with van der Waals surface area (Å²) in [4.78, 5) is 13.4. The van der Waals surface area contributed by atoms with Gasteiger partial charge in [0.1, 0.15) is 0 Å². The molecule has 2 aromatic rings. The minimum atomic E-state index is 0.538. The van der Waals surface area contributed by atoms with E-state index in [1.807, 2.05) is 12.1 Å². The quantitative estimate of drug-likeness (QED) is 0.828. The van der Waals surface area contributed by atoms with Crippen molar-refractivity contribution in [3.8, 4) is 11.4 Å². The van der Waals surface area contributed by atoms with Crippen LogP contribution in [-0.2, 0) is 6.42 Å². The van der Waals surface area contributed by atoms with Crippen molar-refractivity contribution >= 4 is 0 Å². The maximum absolute atomic E-state index is 4.65. The minimum Gasteiger partial charge on any atom is -0.315 e. The average Bonchev–Trinajstić information content (AvgIpc) is 2.46. The number of nitrogens with zero attached hydrogens (tertiary/aromatic N) is 3. The highest BCUT2D eigenvalue weighted by Gasteiger charge is 2.10. The van der Waals surface area contributed by atoms with Crippen molar-refractivity contribution in [3.63, 3.8) is 0 Å². The lowest BCUT2D eigenvalue weighted by Crippen LogP contribution is -2.24. The molecule has 0 unspecified atom stereocenters. The second-order valence-electron chi connectivity index (χ2n) is 5.65. The lowest BCUT2D eigenvalue weighted by Gasteiger charge is -2.12. The number of hydrogen-bond acceptors (Lipinski definition) is 4. The zero-order chi connectivity index (χ0) is 15.2. The molecule has 0 radical (unpaired) electrons. The van der Waals surface area contributed by atoms with Crippen LogP contribution in [0.4, 0.5) is 0 Å². The van der Waals surface area contributed by atoms with E-state index in [-0.39, 0.29) is 0 Å². The van der Waals surface area contributed by atoms with E-state index in [1.165, 1.54) is 5.56 Å². The minimum absolute atomic E-state index is 0.538. The van der Waals surface area contributed by atoms with Crippen LogP contribution in [0.1, 0.15) is 37.2 Å². The normalized spacial score (nSPS) is 11.1. The van der Waals surface area contributed by atoms with E-state index in [0.717, 1.165) is 42.2 Å². The molecular weight excluding hydrogens is 260 g/mol. The van der Waals surface area contributed by atoms with Gasteiger partial charge in [0.25, 0.3) is 0 Å². The van der Waals surface area contributed by atoms with Crippen molar-refractivity contribution < 1.29 is 0 Å². The van der Waals surface area contributed by atoms with Crippen LogP contribution in [0.3, 0.4) is 0 Å². The monoisotopic (exact) mass is 284 g/mol. The Morgan fingerprint density at radius 2 is 1.86 bits per heavy atom. The number of hydrogen-bond donors (Lipinski definition) is 1. The SMILES string of the molecule is Cc1nc(-c2cccnc2)nc(C)c1CCCNC(C)C. The third-order valence-corrected chi connectivity index (χ3v) is 3.50. The summed E-state index contributed by atoms with van der Waals surface area (Å²) in [5.41, 5.74) is 4.39. The van der Waals surface area contributed by atoms with Crippen LogP contribution in [0.2, 0.25) is 0 Å². The summed E-state index contributed by atoms with van der Waals surface area (Å²) in [7, 11) is 0. The average molecular weight is 284 g/mol. The van der Waals surface area contributed by atoms with Gasteiger partial charge in [-0.25, -0.2) is 9.97 Å². The van der Waals surface area contributed by atoms with Gasteiger partial charge in [0.05, 0.1) is 0 Å². The van der Waals surface area contributed by atoms with Crippen molar-refractivity contribution in [1.82, 2.24) is 20.3 Å². The highest BCUT2D eigenvalue weighted by Crippen LogP contribution is 2.18. The number of aryl methyl sites for hydroxylation is 2. The Morgan fingerprint density at radius 3 is 2.43 bits per heavy atom. The first-order valence-corrected chi connectivity index (χ1v) is 7.56. The van der Waals surface area contributed by atoms with Gasteiger partial charge in [-0.15, -0.1) is 0 Å². The number of aromatic nitrogens is 3. The standard InChI is InChI=1S/C17H24N4/c1-12(2)19-10-6-8-16-13(3)20-17(21-14(16)4)15-7-5-9-18-11-15/h5,7,9,11-12,19H,6,8,10H2,1-4H3. The van der Waals surface area contributed by atoms with E-state index < -0.39 is 0 Å². The first-order chi connectivity index (χ1) is 10.1. The summed E-state index contributed by atoms with van der Waals surface area (Å²) in [6.07, 6.45) is 5.69. The summed E-state index contributed by atoms with van der Waals surface area (Å²) < 4.78 is 0. The summed E-state index contributed by atoms with van der Waals surface area (Å²) in [5.74, 6) is 0.766. The molecule has 0 amide bonds. The van der Waals surface area contributed by atoms with Crippen LogP contribution >= 0.6 is 0 Å². The molecule has 0 saturated carbocycles. The Morgan fingerprint density at radius 1 is 1.14 bits per heavy atom. The molecule has 2 heterocycles. The maximum Gasteiger partial charge on any atom is 0.161 e. The van der Waals surface area contributed by atoms with Crippen molar-refractivity contribution in [1.29, 1.82) is 0 Å². The molecule has 0 saturated heterocycles. The van der Waals surface area contributed by atoms with Gasteiger partial charge in [0.15, 0.2) is 5.82 Å². The van der Waals surface area contributed by atoms with Gasteiger partial charge in [-0.1, -0.05) is 13.8 Å². The zero-order valence-electron chi connectivity index (χ0n) is 13.3. The summed E-state index contributed by atoms with van der Waals surface area (Å²) in [6, 6.07) is 4.44. The van der Waals surface area contributed by atoms with E-state index >= 15 is 0 Å². The summed E-state index contributed by atoms with van der Waals surface area (Å²) >= 11 is 0. The predicted octanol–water partition coefficient (Wildman–Crippen LogP) is 3.09. The first-order valence-electron chi connectivity index (χ1n) is 7.56. The fourth-order valence-corrected chi connectivity index (χ4v) is 2.38. The largest absolute Gasteiger partial charge is 0.315 e. The van der Waals surface area contributed by atoms with Gasteiger partial charge in [-0.3, -0.25) is 4.98 Å². The van der Waals surface area contributed by atoms with Gasteiger partial charge in [0.2, 0.25) is 0 Å². The Balaban J connectivity index is 2.11. The van der Waals surface area contributed by atoms with Crippen LogP contribution in [-0.4, -0.2) is 27.5 Å². The number of pyridine rings is 1. The van der Waals surface area contributed by atoms with Crippen molar-refractivity contribution in [2.75, 3.05) is 6.54 Å². The van der Waals surface area contributed by atoms with Gasteiger partial charge >= 0.3 is 0 Å². The molecule has 0 spiro atoms. The first kappa shape index (κ1) is 15.6. The second-order valence-corrected chi connectivity index (χ2v) is 5.65. The molecule has 2 aromatic heterocycles. The zero-order valence-corrected chi connectivity index (χ0v) is 13.3. The molecule has 21 heavy (non-hydrogen) atoms. The van der Waals surface area contributed by atoms with Crippen molar-refractivity contribution in [2.45, 2.75) is 46.6 Å². The van der Waals surface area contributed by atoms with Crippen LogP contribution in [0.5, 0.6) is 0 Å². The molecule has 112 valence electrons. The van der Waals surface area contributed by atoms with Gasteiger partial charge in [-0.05, 0) is 50.9 Å². The Kier molecular flexibility index (Phi) is 5.39. The summed E-state index contributed by atoms with van der Waals surface area (Å²) in [5, 5.41) is 3.44. The number of rotatable bonds is 6.